The van der Waals surface area contributed by atoms with Gasteiger partial charge in [-0.05, 0) is 5.56 Å². The molecule has 14 heavy (non-hydrogen) atoms. The average molecular weight is 190 g/mol. The van der Waals surface area contributed by atoms with Crippen LogP contribution in [0, 0.1) is 0 Å². The highest BCUT2D eigenvalue weighted by Gasteiger charge is 2.14. The van der Waals surface area contributed by atoms with Crippen LogP contribution < -0.4 is 11.5 Å². The maximum Gasteiger partial charge on any atom is 0.312 e. The lowest BCUT2D eigenvalue weighted by Crippen LogP contribution is -2.11. The van der Waals surface area contributed by atoms with Gasteiger partial charge in [-0.1, -0.05) is 35.4 Å². The number of nitrogens with two attached hydrogens (primary N) is 2. The van der Waals surface area contributed by atoms with Gasteiger partial charge in [-0.25, -0.2) is 0 Å². The van der Waals surface area contributed by atoms with E-state index in [9.17, 15) is 0 Å². The molecule has 0 saturated heterocycles. The van der Waals surface area contributed by atoms with E-state index < -0.39 is 6.04 Å². The molecule has 0 aliphatic carbocycles. The first kappa shape index (κ1) is 8.71. The van der Waals surface area contributed by atoms with Crippen LogP contribution in [0.25, 0.3) is 0 Å². The number of nitrogens with zero attached hydrogens (tertiary/aromatic N) is 2. The third kappa shape index (κ3) is 1.57. The largest absolute Gasteiger partial charge is 0.406 e. The van der Waals surface area contributed by atoms with Crippen molar-refractivity contribution >= 4 is 6.01 Å². The monoisotopic (exact) mass is 190 g/mol. The van der Waals surface area contributed by atoms with Crippen LogP contribution in [0.15, 0.2) is 34.7 Å². The third-order valence-corrected chi connectivity index (χ3v) is 1.88. The Labute approximate surface area is 80.7 Å². The number of aromatic nitrogens is 2. The van der Waals surface area contributed by atoms with Crippen LogP contribution in [0.5, 0.6) is 0 Å². The average Bonchev–Trinajstić information content (AvgIpc) is 2.65. The van der Waals surface area contributed by atoms with E-state index in [0.717, 1.165) is 5.56 Å². The fraction of sp³-hybridized carbons (Fsp3) is 0.111. The fourth-order valence-corrected chi connectivity index (χ4v) is 1.18. The van der Waals surface area contributed by atoms with E-state index in [1.807, 2.05) is 30.3 Å². The van der Waals surface area contributed by atoms with Gasteiger partial charge in [-0.15, -0.1) is 5.10 Å². The summed E-state index contributed by atoms with van der Waals surface area (Å²) in [5.41, 5.74) is 12.1. The molecule has 0 saturated carbocycles. The molecule has 1 unspecified atom stereocenters. The number of rotatable bonds is 2. The smallest absolute Gasteiger partial charge is 0.312 e. The zero-order valence-corrected chi connectivity index (χ0v) is 7.42. The van der Waals surface area contributed by atoms with Crippen LogP contribution in [0.3, 0.4) is 0 Å². The summed E-state index contributed by atoms with van der Waals surface area (Å²) in [7, 11) is 0. The van der Waals surface area contributed by atoms with Crippen LogP contribution in [0.1, 0.15) is 17.5 Å². The predicted octanol–water partition coefficient (Wildman–Crippen LogP) is 0.700. The maximum absolute atomic E-state index is 5.88. The van der Waals surface area contributed by atoms with Crippen LogP contribution >= 0.6 is 0 Å². The molecule has 5 nitrogen and oxygen atoms in total. The molecule has 1 atom stereocenters. The summed E-state index contributed by atoms with van der Waals surface area (Å²) >= 11 is 0. The van der Waals surface area contributed by atoms with Gasteiger partial charge in [0.2, 0.25) is 5.89 Å². The minimum atomic E-state index is -0.416. The summed E-state index contributed by atoms with van der Waals surface area (Å²) in [5.74, 6) is 0.328. The van der Waals surface area contributed by atoms with Gasteiger partial charge in [0.1, 0.15) is 6.04 Å². The fourth-order valence-electron chi connectivity index (χ4n) is 1.18. The van der Waals surface area contributed by atoms with Crippen molar-refractivity contribution in [1.82, 2.24) is 10.2 Å². The van der Waals surface area contributed by atoms with Gasteiger partial charge < -0.3 is 15.9 Å². The first-order valence-electron chi connectivity index (χ1n) is 4.17. The highest BCUT2D eigenvalue weighted by Crippen LogP contribution is 2.17. The summed E-state index contributed by atoms with van der Waals surface area (Å²) in [5, 5.41) is 7.27. The van der Waals surface area contributed by atoms with E-state index in [2.05, 4.69) is 10.2 Å². The van der Waals surface area contributed by atoms with Crippen LogP contribution in [-0.4, -0.2) is 10.2 Å². The summed E-state index contributed by atoms with van der Waals surface area (Å²) < 4.78 is 5.03. The van der Waals surface area contributed by atoms with Crippen molar-refractivity contribution in [2.75, 3.05) is 5.73 Å². The molecule has 0 aliphatic heterocycles. The first-order valence-corrected chi connectivity index (χ1v) is 4.17. The summed E-state index contributed by atoms with van der Waals surface area (Å²) in [6, 6.07) is 9.12. The van der Waals surface area contributed by atoms with Gasteiger partial charge in [0.25, 0.3) is 0 Å². The molecule has 0 spiro atoms. The molecule has 1 aromatic heterocycles. The lowest BCUT2D eigenvalue weighted by atomic mass is 10.1. The Bertz CT molecular complexity index is 412. The minimum absolute atomic E-state index is 0.0337. The highest BCUT2D eigenvalue weighted by molar-refractivity contribution is 5.23. The van der Waals surface area contributed by atoms with Gasteiger partial charge in [-0.3, -0.25) is 0 Å². The second kappa shape index (κ2) is 3.47. The second-order valence-electron chi connectivity index (χ2n) is 2.87. The molecule has 5 heteroatoms. The van der Waals surface area contributed by atoms with Crippen molar-refractivity contribution < 1.29 is 4.42 Å². The highest BCUT2D eigenvalue weighted by atomic mass is 16.4. The lowest BCUT2D eigenvalue weighted by Gasteiger charge is -2.05. The normalized spacial score (nSPS) is 12.6. The number of nitrogen functional groups attached to an aromatic ring is 1. The van der Waals surface area contributed by atoms with Gasteiger partial charge in [-0.2, -0.15) is 0 Å². The van der Waals surface area contributed by atoms with Crippen molar-refractivity contribution in [2.24, 2.45) is 5.73 Å². The maximum atomic E-state index is 5.88. The Morgan fingerprint density at radius 1 is 1.14 bits per heavy atom. The Morgan fingerprint density at radius 2 is 1.86 bits per heavy atom. The minimum Gasteiger partial charge on any atom is -0.406 e. The quantitative estimate of drug-likeness (QED) is 0.727. The Balaban J connectivity index is 2.29. The number of hydrogen-bond acceptors (Lipinski definition) is 5. The second-order valence-corrected chi connectivity index (χ2v) is 2.87. The van der Waals surface area contributed by atoms with Crippen molar-refractivity contribution in [3.05, 3.63) is 41.8 Å². The molecule has 0 amide bonds. The van der Waals surface area contributed by atoms with Crippen LogP contribution in [0.2, 0.25) is 0 Å². The lowest BCUT2D eigenvalue weighted by molar-refractivity contribution is 0.488. The van der Waals surface area contributed by atoms with Gasteiger partial charge in [0, 0.05) is 0 Å². The third-order valence-electron chi connectivity index (χ3n) is 1.88. The zero-order valence-electron chi connectivity index (χ0n) is 7.42. The molecule has 0 fully saturated rings. The molecule has 0 aliphatic rings. The van der Waals surface area contributed by atoms with Crippen molar-refractivity contribution in [2.45, 2.75) is 6.04 Å². The topological polar surface area (TPSA) is 91.0 Å². The van der Waals surface area contributed by atoms with E-state index in [4.69, 9.17) is 15.9 Å². The van der Waals surface area contributed by atoms with E-state index in [0.29, 0.717) is 5.89 Å². The zero-order chi connectivity index (χ0) is 9.97. The molecular formula is C9H10N4O. The number of hydrogen-bond donors (Lipinski definition) is 2. The van der Waals surface area contributed by atoms with E-state index in [1.165, 1.54) is 0 Å². The van der Waals surface area contributed by atoms with Crippen molar-refractivity contribution in [3.63, 3.8) is 0 Å². The number of anilines is 1. The molecule has 2 rings (SSSR count). The van der Waals surface area contributed by atoms with Gasteiger partial charge in [0.05, 0.1) is 0 Å². The molecule has 2 aromatic rings. The Morgan fingerprint density at radius 3 is 2.43 bits per heavy atom. The standard InChI is InChI=1S/C9H10N4O/c10-7(6-4-2-1-3-5-6)8-12-13-9(11)14-8/h1-5,7H,10H2,(H2,11,13). The molecular weight excluding hydrogens is 180 g/mol. The molecule has 0 bridgehead atoms. The SMILES string of the molecule is Nc1nnc(C(N)c2ccccc2)o1. The molecule has 1 heterocycles. The molecule has 0 radical (unpaired) electrons. The predicted molar refractivity (Wildman–Crippen MR) is 51.2 cm³/mol. The first-order chi connectivity index (χ1) is 6.77. The molecule has 72 valence electrons. The van der Waals surface area contributed by atoms with Gasteiger partial charge >= 0.3 is 6.01 Å². The summed E-state index contributed by atoms with van der Waals surface area (Å²) in [6.07, 6.45) is 0. The van der Waals surface area contributed by atoms with Crippen LogP contribution in [-0.2, 0) is 0 Å². The summed E-state index contributed by atoms with van der Waals surface area (Å²) in [4.78, 5) is 0. The Hall–Kier alpha value is -1.88. The van der Waals surface area contributed by atoms with Gasteiger partial charge in [0.15, 0.2) is 0 Å². The van der Waals surface area contributed by atoms with E-state index in [-0.39, 0.29) is 6.01 Å². The molecule has 1 aromatic carbocycles. The summed E-state index contributed by atoms with van der Waals surface area (Å²) in [6.45, 7) is 0. The van der Waals surface area contributed by atoms with Crippen molar-refractivity contribution in [3.8, 4) is 0 Å². The van der Waals surface area contributed by atoms with E-state index in [1.54, 1.807) is 0 Å². The Kier molecular flexibility index (Phi) is 2.16. The van der Waals surface area contributed by atoms with Crippen LogP contribution in [0.4, 0.5) is 6.01 Å². The number of benzene rings is 1. The van der Waals surface area contributed by atoms with Crippen molar-refractivity contribution in [1.29, 1.82) is 0 Å². The molecule has 4 N–H and O–H groups in total. The van der Waals surface area contributed by atoms with E-state index >= 15 is 0 Å².